The molecule has 4 N–H and O–H groups in total. The Bertz CT molecular complexity index is 755. The minimum Gasteiger partial charge on any atom is -0.465 e. The van der Waals surface area contributed by atoms with Gasteiger partial charge in [0, 0.05) is 0 Å². The van der Waals surface area contributed by atoms with Gasteiger partial charge < -0.3 is 25.2 Å². The lowest BCUT2D eigenvalue weighted by molar-refractivity contribution is -0.162. The highest BCUT2D eigenvalue weighted by Gasteiger charge is 2.63. The van der Waals surface area contributed by atoms with Crippen molar-refractivity contribution in [1.29, 1.82) is 0 Å². The molecule has 0 bridgehead atoms. The molecule has 34 heavy (non-hydrogen) atoms. The molecule has 1 heterocycles. The number of cyclic esters (lactones) is 1. The van der Waals surface area contributed by atoms with Crippen molar-refractivity contribution in [1.82, 2.24) is 0 Å². The molecule has 0 aromatic rings. The van der Waals surface area contributed by atoms with Crippen molar-refractivity contribution in [2.75, 3.05) is 6.61 Å². The molecule has 4 rings (SSSR count). The van der Waals surface area contributed by atoms with Gasteiger partial charge in [0.1, 0.15) is 0 Å². The minimum atomic E-state index is -0.867. The summed E-state index contributed by atoms with van der Waals surface area (Å²) in [5.74, 6) is 0.948. The molecule has 1 saturated heterocycles. The molecule has 0 aromatic heterocycles. The SMILES string of the molecule is CC(C)[C@H](C)[C@@H](O)[C@H](O)[C@H](C)[C@@H]1CC[C@H]2[C@H]3COC(=O)[C@H]4C[C@@H](O)[C@@H](O)C[C@]4(C)[C@@H]3CC[C@]12C. The smallest absolute Gasteiger partial charge is 0.309 e. The summed E-state index contributed by atoms with van der Waals surface area (Å²) >= 11 is 0. The third kappa shape index (κ3) is 4.05. The first kappa shape index (κ1) is 26.4. The van der Waals surface area contributed by atoms with Gasteiger partial charge in [-0.3, -0.25) is 4.79 Å². The third-order valence-electron chi connectivity index (χ3n) is 11.5. The molecule has 0 radical (unpaired) electrons. The van der Waals surface area contributed by atoms with E-state index in [1.54, 1.807) is 0 Å². The number of hydrogen-bond acceptors (Lipinski definition) is 6. The highest BCUT2D eigenvalue weighted by Crippen LogP contribution is 2.66. The summed E-state index contributed by atoms with van der Waals surface area (Å²) in [6, 6.07) is 0. The maximum Gasteiger partial charge on any atom is 0.309 e. The van der Waals surface area contributed by atoms with Crippen molar-refractivity contribution in [3.05, 3.63) is 0 Å². The van der Waals surface area contributed by atoms with Crippen molar-refractivity contribution < 1.29 is 30.0 Å². The summed E-state index contributed by atoms with van der Waals surface area (Å²) < 4.78 is 5.86. The lowest BCUT2D eigenvalue weighted by Gasteiger charge is -2.56. The van der Waals surface area contributed by atoms with Gasteiger partial charge >= 0.3 is 5.97 Å². The monoisotopic (exact) mass is 480 g/mol. The maximum absolute atomic E-state index is 13.0. The van der Waals surface area contributed by atoms with E-state index in [0.29, 0.717) is 30.8 Å². The average molecular weight is 481 g/mol. The zero-order valence-corrected chi connectivity index (χ0v) is 22.0. The van der Waals surface area contributed by atoms with E-state index in [1.165, 1.54) is 0 Å². The van der Waals surface area contributed by atoms with Crippen LogP contribution in [0.1, 0.15) is 80.1 Å². The maximum atomic E-state index is 13.0. The van der Waals surface area contributed by atoms with Gasteiger partial charge in [-0.1, -0.05) is 41.5 Å². The molecule has 1 aliphatic heterocycles. The molecular weight excluding hydrogens is 432 g/mol. The van der Waals surface area contributed by atoms with Gasteiger partial charge in [0.05, 0.1) is 36.9 Å². The van der Waals surface area contributed by atoms with Crippen LogP contribution in [-0.4, -0.2) is 57.4 Å². The fourth-order valence-corrected chi connectivity index (χ4v) is 8.95. The first-order chi connectivity index (χ1) is 15.8. The van der Waals surface area contributed by atoms with E-state index in [-0.39, 0.29) is 52.8 Å². The van der Waals surface area contributed by atoms with Gasteiger partial charge in [-0.25, -0.2) is 0 Å². The molecule has 0 amide bonds. The highest BCUT2D eigenvalue weighted by molar-refractivity contribution is 5.74. The number of aliphatic hydroxyl groups excluding tert-OH is 4. The number of aliphatic hydroxyl groups is 4. The molecule has 4 fully saturated rings. The fourth-order valence-electron chi connectivity index (χ4n) is 8.95. The largest absolute Gasteiger partial charge is 0.465 e. The van der Waals surface area contributed by atoms with Crippen LogP contribution in [0.4, 0.5) is 0 Å². The molecule has 4 aliphatic rings. The van der Waals surface area contributed by atoms with Crippen LogP contribution in [0, 0.1) is 58.2 Å². The first-order valence-electron chi connectivity index (χ1n) is 13.7. The van der Waals surface area contributed by atoms with E-state index in [0.717, 1.165) is 25.7 Å². The summed E-state index contributed by atoms with van der Waals surface area (Å²) in [4.78, 5) is 13.0. The Labute approximate surface area is 205 Å². The molecule has 196 valence electrons. The molecule has 6 heteroatoms. The van der Waals surface area contributed by atoms with E-state index in [2.05, 4.69) is 34.6 Å². The van der Waals surface area contributed by atoms with Gasteiger partial charge in [-0.05, 0) is 90.8 Å². The molecule has 3 aliphatic carbocycles. The zero-order chi connectivity index (χ0) is 25.2. The van der Waals surface area contributed by atoms with Crippen molar-refractivity contribution in [2.24, 2.45) is 58.2 Å². The summed E-state index contributed by atoms with van der Waals surface area (Å²) in [5, 5.41) is 42.9. The topological polar surface area (TPSA) is 107 Å². The molecule has 0 aromatic carbocycles. The van der Waals surface area contributed by atoms with Crippen LogP contribution in [0.25, 0.3) is 0 Å². The standard InChI is InChI=1S/C28H48O6/c1-14(2)15(3)24(31)25(32)16(4)18-7-8-19-17-13-34-26(33)21-11-22(29)23(30)12-28(21,6)20(17)9-10-27(18,19)5/h14-25,29-32H,7-13H2,1-6H3/t15-,16+,17+,18-,19-,20+,21+,22+,23-,24+,25+,27+,28+/m0/s1. The quantitative estimate of drug-likeness (QED) is 0.450. The van der Waals surface area contributed by atoms with Crippen molar-refractivity contribution >= 4 is 5.97 Å². The molecule has 6 nitrogen and oxygen atoms in total. The summed E-state index contributed by atoms with van der Waals surface area (Å²) in [7, 11) is 0. The minimum absolute atomic E-state index is 0.00827. The van der Waals surface area contributed by atoms with Crippen molar-refractivity contribution in [3.8, 4) is 0 Å². The molecule has 0 spiro atoms. The van der Waals surface area contributed by atoms with Gasteiger partial charge in [0.2, 0.25) is 0 Å². The third-order valence-corrected chi connectivity index (χ3v) is 11.5. The lowest BCUT2D eigenvalue weighted by Crippen LogP contribution is -2.55. The lowest BCUT2D eigenvalue weighted by atomic mass is 9.48. The number of hydrogen-bond donors (Lipinski definition) is 4. The zero-order valence-electron chi connectivity index (χ0n) is 22.0. The highest BCUT2D eigenvalue weighted by atomic mass is 16.5. The van der Waals surface area contributed by atoms with Crippen molar-refractivity contribution in [2.45, 2.75) is 104 Å². The Morgan fingerprint density at radius 3 is 2.21 bits per heavy atom. The predicted molar refractivity (Wildman–Crippen MR) is 130 cm³/mol. The number of carbonyl (C=O) groups excluding carboxylic acids is 1. The van der Waals surface area contributed by atoms with E-state index < -0.39 is 24.4 Å². The number of rotatable bonds is 5. The fraction of sp³-hybridized carbons (Fsp3) is 0.964. The van der Waals surface area contributed by atoms with Crippen LogP contribution in [0.5, 0.6) is 0 Å². The van der Waals surface area contributed by atoms with Crippen LogP contribution >= 0.6 is 0 Å². The summed E-state index contributed by atoms with van der Waals surface area (Å²) in [6.07, 6.45) is 1.61. The Morgan fingerprint density at radius 1 is 0.912 bits per heavy atom. The predicted octanol–water partition coefficient (Wildman–Crippen LogP) is 3.39. The number of ether oxygens (including phenoxy) is 1. The molecular formula is C28H48O6. The Balaban J connectivity index is 1.58. The first-order valence-corrected chi connectivity index (χ1v) is 13.7. The Morgan fingerprint density at radius 2 is 1.56 bits per heavy atom. The molecule has 13 atom stereocenters. The summed E-state index contributed by atoms with van der Waals surface area (Å²) in [5.41, 5.74) is -0.345. The van der Waals surface area contributed by atoms with Gasteiger partial charge in [0.25, 0.3) is 0 Å². The van der Waals surface area contributed by atoms with Crippen molar-refractivity contribution in [3.63, 3.8) is 0 Å². The van der Waals surface area contributed by atoms with Gasteiger partial charge in [-0.15, -0.1) is 0 Å². The van der Waals surface area contributed by atoms with Crippen LogP contribution < -0.4 is 0 Å². The summed E-state index contributed by atoms with van der Waals surface area (Å²) in [6.45, 7) is 13.2. The van der Waals surface area contributed by atoms with Crippen LogP contribution in [0.2, 0.25) is 0 Å². The second-order valence-corrected chi connectivity index (χ2v) is 13.3. The Hall–Kier alpha value is -0.690. The average Bonchev–Trinajstić information content (AvgIpc) is 3.09. The second kappa shape index (κ2) is 9.32. The molecule has 3 saturated carbocycles. The number of fused-ring (bicyclic) bond motifs is 5. The van der Waals surface area contributed by atoms with E-state index in [4.69, 9.17) is 4.74 Å². The Kier molecular flexibility index (Phi) is 7.23. The van der Waals surface area contributed by atoms with E-state index in [9.17, 15) is 25.2 Å². The van der Waals surface area contributed by atoms with E-state index >= 15 is 0 Å². The van der Waals surface area contributed by atoms with Crippen LogP contribution in [-0.2, 0) is 9.53 Å². The van der Waals surface area contributed by atoms with Gasteiger partial charge in [0.15, 0.2) is 0 Å². The molecule has 0 unspecified atom stereocenters. The van der Waals surface area contributed by atoms with Crippen LogP contribution in [0.15, 0.2) is 0 Å². The normalized spacial score (nSPS) is 48.1. The van der Waals surface area contributed by atoms with E-state index in [1.807, 2.05) is 6.92 Å². The number of carbonyl (C=O) groups is 1. The number of esters is 1. The van der Waals surface area contributed by atoms with Gasteiger partial charge in [-0.2, -0.15) is 0 Å². The van der Waals surface area contributed by atoms with Crippen LogP contribution in [0.3, 0.4) is 0 Å². The second-order valence-electron chi connectivity index (χ2n) is 13.3.